The number of rotatable bonds is 0. The van der Waals surface area contributed by atoms with Gasteiger partial charge in [0.25, 0.3) is 0 Å². The van der Waals surface area contributed by atoms with Crippen LogP contribution in [0, 0.1) is 0 Å². The van der Waals surface area contributed by atoms with E-state index in [9.17, 15) is 13.2 Å². The summed E-state index contributed by atoms with van der Waals surface area (Å²) in [6.45, 7) is 0. The van der Waals surface area contributed by atoms with Gasteiger partial charge in [0.15, 0.2) is 0 Å². The first-order valence-corrected chi connectivity index (χ1v) is 5.77. The molecular formula is C12H6F3NS. The standard InChI is InChI=1S/C12H6F3NS/c13-12(14,15)10-4-7-2-1-3-9-11(7)8(5-16-10)6-17-9/h1-6H. The maximum absolute atomic E-state index is 12.7. The lowest BCUT2D eigenvalue weighted by atomic mass is 10.1. The Kier molecular flexibility index (Phi) is 2.13. The first kappa shape index (κ1) is 10.5. The quantitative estimate of drug-likeness (QED) is 0.666. The molecule has 0 spiro atoms. The zero-order valence-corrected chi connectivity index (χ0v) is 9.27. The van der Waals surface area contributed by atoms with E-state index in [2.05, 4.69) is 4.99 Å². The molecule has 0 saturated carbocycles. The topological polar surface area (TPSA) is 12.4 Å². The number of hydrogen-bond donors (Lipinski definition) is 0. The van der Waals surface area contributed by atoms with E-state index in [0.29, 0.717) is 5.56 Å². The largest absolute Gasteiger partial charge is 0.433 e. The highest BCUT2D eigenvalue weighted by Crippen LogP contribution is 2.35. The Labute approximate surface area is 98.9 Å². The molecule has 2 aromatic rings. The molecule has 1 aliphatic rings. The van der Waals surface area contributed by atoms with Crippen LogP contribution >= 0.6 is 11.3 Å². The molecule has 1 aromatic carbocycles. The molecule has 0 saturated heterocycles. The van der Waals surface area contributed by atoms with Gasteiger partial charge in [-0.05, 0) is 17.7 Å². The summed E-state index contributed by atoms with van der Waals surface area (Å²) in [5, 5.41) is 2.67. The molecule has 0 atom stereocenters. The number of alkyl halides is 3. The molecule has 17 heavy (non-hydrogen) atoms. The van der Waals surface area contributed by atoms with Crippen LogP contribution in [0.1, 0.15) is 11.1 Å². The third-order valence-corrected chi connectivity index (χ3v) is 3.55. The summed E-state index contributed by atoms with van der Waals surface area (Å²) < 4.78 is 38.9. The average molecular weight is 253 g/mol. The van der Waals surface area contributed by atoms with Crippen molar-refractivity contribution < 1.29 is 13.2 Å². The molecule has 1 aromatic heterocycles. The van der Waals surface area contributed by atoms with E-state index in [1.807, 2.05) is 11.4 Å². The molecule has 0 aliphatic carbocycles. The third kappa shape index (κ3) is 1.67. The summed E-state index contributed by atoms with van der Waals surface area (Å²) in [7, 11) is 0. The molecular weight excluding hydrogens is 247 g/mol. The number of thiophene rings is 1. The summed E-state index contributed by atoms with van der Waals surface area (Å²) in [4.78, 5) is 3.52. The number of benzene rings is 1. The van der Waals surface area contributed by atoms with E-state index >= 15 is 0 Å². The van der Waals surface area contributed by atoms with E-state index in [-0.39, 0.29) is 0 Å². The fourth-order valence-electron chi connectivity index (χ4n) is 1.84. The third-order valence-electron chi connectivity index (χ3n) is 2.59. The van der Waals surface area contributed by atoms with Crippen molar-refractivity contribution in [1.82, 2.24) is 0 Å². The zero-order valence-electron chi connectivity index (χ0n) is 8.45. The predicted octanol–water partition coefficient (Wildman–Crippen LogP) is 4.24. The monoisotopic (exact) mass is 253 g/mol. The Morgan fingerprint density at radius 1 is 1.12 bits per heavy atom. The summed E-state index contributed by atoms with van der Waals surface area (Å²) >= 11 is 1.51. The first-order valence-electron chi connectivity index (χ1n) is 4.89. The lowest BCUT2D eigenvalue weighted by Crippen LogP contribution is -2.09. The summed E-state index contributed by atoms with van der Waals surface area (Å²) in [5.74, 6) is 0. The number of aliphatic imine (C=N–C) groups is 1. The van der Waals surface area contributed by atoms with Crippen LogP contribution in [0.4, 0.5) is 13.2 Å². The summed E-state index contributed by atoms with van der Waals surface area (Å²) in [6, 6.07) is 5.33. The Morgan fingerprint density at radius 3 is 2.71 bits per heavy atom. The molecule has 1 nitrogen and oxygen atoms in total. The van der Waals surface area contributed by atoms with Gasteiger partial charge in [-0.2, -0.15) is 13.2 Å². The van der Waals surface area contributed by atoms with Crippen molar-refractivity contribution in [3.63, 3.8) is 0 Å². The van der Waals surface area contributed by atoms with Gasteiger partial charge in [0.2, 0.25) is 0 Å². The average Bonchev–Trinajstić information content (AvgIpc) is 2.55. The highest BCUT2D eigenvalue weighted by atomic mass is 32.1. The Morgan fingerprint density at radius 2 is 1.94 bits per heavy atom. The second kappa shape index (κ2) is 3.43. The van der Waals surface area contributed by atoms with Gasteiger partial charge >= 0.3 is 6.18 Å². The van der Waals surface area contributed by atoms with Gasteiger partial charge in [-0.15, -0.1) is 11.3 Å². The van der Waals surface area contributed by atoms with Crippen molar-refractivity contribution in [2.45, 2.75) is 6.18 Å². The Balaban J connectivity index is 2.31. The minimum Gasteiger partial charge on any atom is -0.251 e. The van der Waals surface area contributed by atoms with E-state index < -0.39 is 11.9 Å². The number of allylic oxidation sites excluding steroid dienone is 1. The minimum absolute atomic E-state index is 0.573. The Bertz CT molecular complexity index is 649. The van der Waals surface area contributed by atoms with Gasteiger partial charge in [-0.3, -0.25) is 4.99 Å². The Hall–Kier alpha value is -1.62. The highest BCUT2D eigenvalue weighted by Gasteiger charge is 2.34. The minimum atomic E-state index is -4.41. The van der Waals surface area contributed by atoms with Gasteiger partial charge in [-0.25, -0.2) is 0 Å². The van der Waals surface area contributed by atoms with Crippen molar-refractivity contribution in [3.8, 4) is 0 Å². The van der Waals surface area contributed by atoms with Gasteiger partial charge < -0.3 is 0 Å². The summed E-state index contributed by atoms with van der Waals surface area (Å²) in [6.07, 6.45) is -2.03. The molecule has 0 bridgehead atoms. The molecule has 2 heterocycles. The second-order valence-electron chi connectivity index (χ2n) is 3.70. The van der Waals surface area contributed by atoms with Crippen LogP contribution in [0.5, 0.6) is 0 Å². The number of halogens is 3. The summed E-state index contributed by atoms with van der Waals surface area (Å²) in [5.41, 5.74) is 0.464. The van der Waals surface area contributed by atoms with Gasteiger partial charge in [0.1, 0.15) is 5.70 Å². The van der Waals surface area contributed by atoms with Crippen LogP contribution < -0.4 is 0 Å². The number of hydrogen-bond acceptors (Lipinski definition) is 2. The van der Waals surface area contributed by atoms with Crippen LogP contribution in [0.15, 0.2) is 34.3 Å². The molecule has 1 aliphatic heterocycles. The fraction of sp³-hybridized carbons (Fsp3) is 0.0833. The highest BCUT2D eigenvalue weighted by molar-refractivity contribution is 7.17. The van der Waals surface area contributed by atoms with E-state index in [1.165, 1.54) is 17.6 Å². The van der Waals surface area contributed by atoms with Gasteiger partial charge in [0, 0.05) is 27.2 Å². The van der Waals surface area contributed by atoms with Crippen molar-refractivity contribution in [2.24, 2.45) is 4.99 Å². The van der Waals surface area contributed by atoms with Crippen molar-refractivity contribution in [3.05, 3.63) is 40.4 Å². The molecule has 3 rings (SSSR count). The second-order valence-corrected chi connectivity index (χ2v) is 4.61. The lowest BCUT2D eigenvalue weighted by molar-refractivity contribution is -0.0912. The molecule has 0 unspecified atom stereocenters. The van der Waals surface area contributed by atoms with E-state index in [4.69, 9.17) is 0 Å². The number of nitrogens with zero attached hydrogens (tertiary/aromatic N) is 1. The molecule has 86 valence electrons. The normalized spacial score (nSPS) is 14.9. The van der Waals surface area contributed by atoms with E-state index in [0.717, 1.165) is 21.7 Å². The molecule has 0 N–H and O–H groups in total. The van der Waals surface area contributed by atoms with Crippen LogP contribution in [0.2, 0.25) is 0 Å². The SMILES string of the molecule is FC(F)(F)C1=Cc2cccc3scc(c23)C=N1. The van der Waals surface area contributed by atoms with Crippen LogP contribution in [-0.4, -0.2) is 12.4 Å². The molecule has 0 amide bonds. The molecule has 0 fully saturated rings. The molecule has 0 radical (unpaired) electrons. The lowest BCUT2D eigenvalue weighted by Gasteiger charge is -2.05. The first-order chi connectivity index (χ1) is 8.05. The van der Waals surface area contributed by atoms with Crippen molar-refractivity contribution in [2.75, 3.05) is 0 Å². The van der Waals surface area contributed by atoms with Crippen LogP contribution in [-0.2, 0) is 0 Å². The van der Waals surface area contributed by atoms with Gasteiger partial charge in [0.05, 0.1) is 0 Å². The maximum atomic E-state index is 12.7. The van der Waals surface area contributed by atoms with E-state index in [1.54, 1.807) is 12.1 Å². The van der Waals surface area contributed by atoms with Crippen LogP contribution in [0.3, 0.4) is 0 Å². The van der Waals surface area contributed by atoms with Crippen LogP contribution in [0.25, 0.3) is 16.2 Å². The smallest absolute Gasteiger partial charge is 0.251 e. The maximum Gasteiger partial charge on any atom is 0.433 e. The predicted molar refractivity (Wildman–Crippen MR) is 63.5 cm³/mol. The van der Waals surface area contributed by atoms with Gasteiger partial charge in [-0.1, -0.05) is 12.1 Å². The van der Waals surface area contributed by atoms with Crippen molar-refractivity contribution in [1.29, 1.82) is 0 Å². The fourth-order valence-corrected chi connectivity index (χ4v) is 2.78. The zero-order chi connectivity index (χ0) is 12.0. The van der Waals surface area contributed by atoms with Crippen molar-refractivity contribution >= 4 is 33.7 Å². The molecule has 5 heteroatoms.